The highest BCUT2D eigenvalue weighted by atomic mass is 79.9. The third-order valence-electron chi connectivity index (χ3n) is 3.82. The molecule has 1 fully saturated rings. The number of halogens is 2. The smallest absolute Gasteiger partial charge is 0.255 e. The van der Waals surface area contributed by atoms with Crippen molar-refractivity contribution in [1.82, 2.24) is 4.90 Å². The lowest BCUT2D eigenvalue weighted by Crippen LogP contribution is -2.46. The Hall–Kier alpha value is -0.540. The molecular formula is C14H17BrClNO. The van der Waals surface area contributed by atoms with E-state index in [0.717, 1.165) is 17.4 Å². The molecule has 0 radical (unpaired) electrons. The molecule has 2 nitrogen and oxygen atoms in total. The van der Waals surface area contributed by atoms with Crippen LogP contribution in [0.4, 0.5) is 0 Å². The summed E-state index contributed by atoms with van der Waals surface area (Å²) in [6.45, 7) is 5.15. The Kier molecular flexibility index (Phi) is 4.33. The van der Waals surface area contributed by atoms with E-state index in [9.17, 15) is 4.79 Å². The Balaban J connectivity index is 2.28. The van der Waals surface area contributed by atoms with Crippen molar-refractivity contribution in [3.05, 3.63) is 33.3 Å². The van der Waals surface area contributed by atoms with Crippen LogP contribution in [-0.2, 0) is 0 Å². The summed E-state index contributed by atoms with van der Waals surface area (Å²) in [6.07, 6.45) is 2.26. The summed E-state index contributed by atoms with van der Waals surface area (Å²) >= 11 is 9.56. The van der Waals surface area contributed by atoms with E-state index in [-0.39, 0.29) is 11.9 Å². The zero-order chi connectivity index (χ0) is 13.3. The highest BCUT2D eigenvalue weighted by Crippen LogP contribution is 2.30. The van der Waals surface area contributed by atoms with Gasteiger partial charge in [0.25, 0.3) is 5.91 Å². The van der Waals surface area contributed by atoms with Crippen LogP contribution in [0.1, 0.15) is 37.0 Å². The number of rotatable bonds is 1. The van der Waals surface area contributed by atoms with Crippen LogP contribution in [-0.4, -0.2) is 23.4 Å². The van der Waals surface area contributed by atoms with E-state index in [1.807, 2.05) is 17.0 Å². The first-order chi connectivity index (χ1) is 8.52. The van der Waals surface area contributed by atoms with Gasteiger partial charge in [-0.05, 0) is 53.7 Å². The molecule has 1 saturated heterocycles. The van der Waals surface area contributed by atoms with Gasteiger partial charge in [0.05, 0.1) is 10.6 Å². The molecule has 2 atom stereocenters. The average Bonchev–Trinajstić information content (AvgIpc) is 2.35. The zero-order valence-corrected chi connectivity index (χ0v) is 13.0. The van der Waals surface area contributed by atoms with Crippen molar-refractivity contribution in [1.29, 1.82) is 0 Å². The maximum Gasteiger partial charge on any atom is 0.255 e. The number of carbonyl (C=O) groups is 1. The highest BCUT2D eigenvalue weighted by Gasteiger charge is 2.30. The fourth-order valence-electron chi connectivity index (χ4n) is 2.45. The van der Waals surface area contributed by atoms with Crippen molar-refractivity contribution in [2.45, 2.75) is 32.7 Å². The Labute approximate surface area is 121 Å². The van der Waals surface area contributed by atoms with Gasteiger partial charge in [-0.15, -0.1) is 0 Å². The van der Waals surface area contributed by atoms with Crippen LogP contribution in [0, 0.1) is 5.92 Å². The number of piperidine rings is 1. The molecule has 0 spiro atoms. The van der Waals surface area contributed by atoms with Gasteiger partial charge in [-0.25, -0.2) is 0 Å². The van der Waals surface area contributed by atoms with Crippen LogP contribution in [0.5, 0.6) is 0 Å². The van der Waals surface area contributed by atoms with Crippen molar-refractivity contribution in [2.75, 3.05) is 6.54 Å². The summed E-state index contributed by atoms with van der Waals surface area (Å²) in [4.78, 5) is 14.5. The fraction of sp³-hybridized carbons (Fsp3) is 0.500. The number of nitrogens with zero attached hydrogens (tertiary/aromatic N) is 1. The number of likely N-dealkylation sites (tertiary alicyclic amines) is 1. The normalized spacial score (nSPS) is 24.1. The summed E-state index contributed by atoms with van der Waals surface area (Å²) in [5.41, 5.74) is 0.590. The number of benzene rings is 1. The third-order valence-corrected chi connectivity index (χ3v) is 5.11. The predicted octanol–water partition coefficient (Wildman–Crippen LogP) is 4.36. The molecule has 2 unspecified atom stereocenters. The van der Waals surface area contributed by atoms with E-state index >= 15 is 0 Å². The van der Waals surface area contributed by atoms with Crippen molar-refractivity contribution in [3.63, 3.8) is 0 Å². The van der Waals surface area contributed by atoms with Crippen LogP contribution in [0.15, 0.2) is 22.7 Å². The van der Waals surface area contributed by atoms with Crippen molar-refractivity contribution in [2.24, 2.45) is 5.92 Å². The fourth-order valence-corrected chi connectivity index (χ4v) is 3.02. The number of hydrogen-bond donors (Lipinski definition) is 0. The molecule has 1 aromatic rings. The van der Waals surface area contributed by atoms with Gasteiger partial charge in [0.15, 0.2) is 0 Å². The van der Waals surface area contributed by atoms with E-state index in [0.29, 0.717) is 16.5 Å². The third kappa shape index (κ3) is 2.57. The molecule has 1 amide bonds. The Morgan fingerprint density at radius 2 is 2.17 bits per heavy atom. The Bertz CT molecular complexity index is 463. The molecule has 1 aliphatic heterocycles. The van der Waals surface area contributed by atoms with E-state index in [4.69, 9.17) is 11.6 Å². The summed E-state index contributed by atoms with van der Waals surface area (Å²) < 4.78 is 0.771. The van der Waals surface area contributed by atoms with Gasteiger partial charge >= 0.3 is 0 Å². The Morgan fingerprint density at radius 1 is 1.44 bits per heavy atom. The van der Waals surface area contributed by atoms with Crippen LogP contribution in [0.3, 0.4) is 0 Å². The second-order valence-corrected chi connectivity index (χ2v) is 6.19. The summed E-state index contributed by atoms with van der Waals surface area (Å²) in [7, 11) is 0. The van der Waals surface area contributed by atoms with Gasteiger partial charge in [0.2, 0.25) is 0 Å². The van der Waals surface area contributed by atoms with Crippen molar-refractivity contribution < 1.29 is 4.79 Å². The predicted molar refractivity (Wildman–Crippen MR) is 78.0 cm³/mol. The molecule has 0 saturated carbocycles. The maximum absolute atomic E-state index is 12.5. The molecule has 0 N–H and O–H groups in total. The van der Waals surface area contributed by atoms with E-state index in [1.165, 1.54) is 6.42 Å². The first kappa shape index (κ1) is 13.9. The summed E-state index contributed by atoms with van der Waals surface area (Å²) in [5, 5.41) is 0.507. The Morgan fingerprint density at radius 3 is 2.89 bits per heavy atom. The van der Waals surface area contributed by atoms with E-state index in [2.05, 4.69) is 29.8 Å². The molecule has 98 valence electrons. The molecule has 1 heterocycles. The first-order valence-corrected chi connectivity index (χ1v) is 7.44. The lowest BCUT2D eigenvalue weighted by atomic mass is 9.91. The van der Waals surface area contributed by atoms with Crippen molar-refractivity contribution >= 4 is 33.4 Å². The van der Waals surface area contributed by atoms with Crippen LogP contribution >= 0.6 is 27.5 Å². The van der Waals surface area contributed by atoms with Gasteiger partial charge in [-0.3, -0.25) is 4.79 Å². The summed E-state index contributed by atoms with van der Waals surface area (Å²) in [6, 6.07) is 5.77. The number of carbonyl (C=O) groups excluding carboxylic acids is 1. The van der Waals surface area contributed by atoms with Gasteiger partial charge in [0, 0.05) is 17.1 Å². The van der Waals surface area contributed by atoms with Crippen molar-refractivity contribution in [3.8, 4) is 0 Å². The van der Waals surface area contributed by atoms with Gasteiger partial charge in [-0.1, -0.05) is 24.6 Å². The SMILES string of the molecule is CC1CCCN(C(=O)c2cccc(Br)c2Cl)C1C. The summed E-state index contributed by atoms with van der Waals surface area (Å²) in [5.74, 6) is 0.592. The average molecular weight is 331 g/mol. The second kappa shape index (κ2) is 5.62. The molecule has 4 heteroatoms. The lowest BCUT2D eigenvalue weighted by Gasteiger charge is -2.38. The van der Waals surface area contributed by atoms with Gasteiger partial charge in [0.1, 0.15) is 0 Å². The minimum absolute atomic E-state index is 0.0420. The molecule has 1 aliphatic rings. The molecular weight excluding hydrogens is 314 g/mol. The zero-order valence-electron chi connectivity index (χ0n) is 10.6. The molecule has 0 aliphatic carbocycles. The minimum atomic E-state index is 0.0420. The molecule has 1 aromatic carbocycles. The number of amides is 1. The van der Waals surface area contributed by atoms with Crippen LogP contribution in [0.25, 0.3) is 0 Å². The van der Waals surface area contributed by atoms with E-state index < -0.39 is 0 Å². The molecule has 0 bridgehead atoms. The maximum atomic E-state index is 12.5. The second-order valence-electron chi connectivity index (χ2n) is 4.96. The van der Waals surface area contributed by atoms with Gasteiger partial charge < -0.3 is 4.90 Å². The van der Waals surface area contributed by atoms with Crippen LogP contribution in [0.2, 0.25) is 5.02 Å². The molecule has 0 aromatic heterocycles. The van der Waals surface area contributed by atoms with Crippen LogP contribution < -0.4 is 0 Å². The highest BCUT2D eigenvalue weighted by molar-refractivity contribution is 9.10. The quantitative estimate of drug-likeness (QED) is 0.749. The van der Waals surface area contributed by atoms with Gasteiger partial charge in [-0.2, -0.15) is 0 Å². The standard InChI is InChI=1S/C14H17BrClNO/c1-9-5-4-8-17(10(9)2)14(18)11-6-3-7-12(15)13(11)16/h3,6-7,9-10H,4-5,8H2,1-2H3. The van der Waals surface area contributed by atoms with E-state index in [1.54, 1.807) is 6.07 Å². The molecule has 18 heavy (non-hydrogen) atoms. The minimum Gasteiger partial charge on any atom is -0.336 e. The first-order valence-electron chi connectivity index (χ1n) is 6.27. The monoisotopic (exact) mass is 329 g/mol. The topological polar surface area (TPSA) is 20.3 Å². The largest absolute Gasteiger partial charge is 0.336 e. The molecule has 2 rings (SSSR count). The lowest BCUT2D eigenvalue weighted by molar-refractivity contribution is 0.0551. The number of hydrogen-bond acceptors (Lipinski definition) is 1.